The van der Waals surface area contributed by atoms with E-state index < -0.39 is 85.2 Å². The number of hydrogen-bond donors (Lipinski definition) is 0. The maximum Gasteiger partial charge on any atom is 0.410 e. The zero-order chi connectivity index (χ0) is 54.5. The van der Waals surface area contributed by atoms with Crippen LogP contribution in [0.15, 0.2) is 103 Å². The maximum atomic E-state index is 14.7. The molecule has 0 radical (unpaired) electrons. The molecule has 13 nitrogen and oxygen atoms in total. The van der Waals surface area contributed by atoms with Crippen molar-refractivity contribution in [1.82, 2.24) is 9.80 Å². The van der Waals surface area contributed by atoms with Crippen LogP contribution in [0.5, 0.6) is 0 Å². The quantitative estimate of drug-likeness (QED) is 0.0433. The third kappa shape index (κ3) is 15.9. The second-order valence-corrected chi connectivity index (χ2v) is 28.4. The van der Waals surface area contributed by atoms with E-state index in [0.29, 0.717) is 38.8 Å². The summed E-state index contributed by atoms with van der Waals surface area (Å²) in [5.74, 6) is -1.85. The van der Waals surface area contributed by atoms with Crippen LogP contribution in [0.4, 0.5) is 4.79 Å². The van der Waals surface area contributed by atoms with Gasteiger partial charge in [-0.05, 0) is 115 Å². The number of amides is 1. The number of rotatable bonds is 21. The second kappa shape index (κ2) is 26.0. The Kier molecular flexibility index (Phi) is 20.9. The van der Waals surface area contributed by atoms with E-state index in [1.54, 1.807) is 68.5 Å². The second-order valence-electron chi connectivity index (χ2n) is 24.1. The number of hydrogen-bond acceptors (Lipinski definition) is 12. The number of ketones is 1. The maximum absolute atomic E-state index is 14.7. The average Bonchev–Trinajstić information content (AvgIpc) is 3.33. The fraction of sp³-hybridized carbons (Fsp3) is 0.583. The zero-order valence-corrected chi connectivity index (χ0v) is 47.6. The fourth-order valence-corrected chi connectivity index (χ4v) is 14.0. The lowest BCUT2D eigenvalue weighted by Gasteiger charge is -2.49. The Balaban J connectivity index is 1.51. The lowest BCUT2D eigenvalue weighted by molar-refractivity contribution is -0.256. The summed E-state index contributed by atoms with van der Waals surface area (Å²) >= 11 is 0. The molecule has 1 amide bonds. The number of unbranched alkanes of at least 4 members (excludes halogenated alkanes) is 3. The first-order valence-electron chi connectivity index (χ1n) is 26.7. The van der Waals surface area contributed by atoms with Crippen molar-refractivity contribution in [2.45, 2.75) is 190 Å². The number of esters is 3. The Hall–Kier alpha value is -5.31. The van der Waals surface area contributed by atoms with Gasteiger partial charge in [0.15, 0.2) is 30.3 Å². The number of allylic oxidation sites excluding steroid dienone is 1. The van der Waals surface area contributed by atoms with Gasteiger partial charge >= 0.3 is 24.0 Å². The highest BCUT2D eigenvalue weighted by atomic mass is 28.4. The Morgan fingerprint density at radius 3 is 1.74 bits per heavy atom. The summed E-state index contributed by atoms with van der Waals surface area (Å²) in [7, 11) is -2.82. The van der Waals surface area contributed by atoms with Crippen molar-refractivity contribution < 1.29 is 52.1 Å². The predicted octanol–water partition coefficient (Wildman–Crippen LogP) is 10.7. The highest BCUT2D eigenvalue weighted by molar-refractivity contribution is 6.99. The van der Waals surface area contributed by atoms with Crippen molar-refractivity contribution in [1.29, 1.82) is 0 Å². The summed E-state index contributed by atoms with van der Waals surface area (Å²) in [6, 6.07) is 29.7. The minimum atomic E-state index is -2.82. The van der Waals surface area contributed by atoms with Crippen LogP contribution in [0.25, 0.3) is 0 Å². The molecule has 2 aliphatic heterocycles. The molecule has 5 rings (SSSR count). The normalized spacial score (nSPS) is 20.1. The van der Waals surface area contributed by atoms with Gasteiger partial charge in [0.1, 0.15) is 6.61 Å². The Bertz CT molecular complexity index is 2280. The molecule has 3 aromatic carbocycles. The Morgan fingerprint density at radius 1 is 0.689 bits per heavy atom. The summed E-state index contributed by atoms with van der Waals surface area (Å²) in [5, 5.41) is 2.18. The summed E-state index contributed by atoms with van der Waals surface area (Å²) in [6.45, 7) is 25.1. The minimum Gasteiger partial charge on any atom is -0.455 e. The van der Waals surface area contributed by atoms with E-state index in [0.717, 1.165) is 24.8 Å². The van der Waals surface area contributed by atoms with Crippen molar-refractivity contribution in [3.63, 3.8) is 0 Å². The molecule has 0 unspecified atom stereocenters. The third-order valence-electron chi connectivity index (χ3n) is 13.7. The number of carbonyl (C=O) groups is 5. The van der Waals surface area contributed by atoms with E-state index in [4.69, 9.17) is 28.1 Å². The molecule has 0 saturated carbocycles. The molecule has 406 valence electrons. The number of ether oxygens (including phenoxy) is 5. The van der Waals surface area contributed by atoms with Gasteiger partial charge in [-0.15, -0.1) is 0 Å². The van der Waals surface area contributed by atoms with Crippen molar-refractivity contribution in [3.05, 3.63) is 109 Å². The first-order valence-corrected chi connectivity index (χ1v) is 28.6. The van der Waals surface area contributed by atoms with Crippen molar-refractivity contribution in [3.8, 4) is 0 Å². The molecular weight excluding hydrogens is 953 g/mol. The van der Waals surface area contributed by atoms with Crippen LogP contribution in [0, 0.1) is 16.2 Å². The minimum absolute atomic E-state index is 0.0642. The van der Waals surface area contributed by atoms with Crippen molar-refractivity contribution in [2.75, 3.05) is 19.8 Å². The van der Waals surface area contributed by atoms with Gasteiger partial charge in [-0.2, -0.15) is 0 Å². The largest absolute Gasteiger partial charge is 0.455 e. The summed E-state index contributed by atoms with van der Waals surface area (Å²) in [5.41, 5.74) is -2.01. The molecule has 2 aliphatic rings. The van der Waals surface area contributed by atoms with Gasteiger partial charge in [0, 0.05) is 37.9 Å². The van der Waals surface area contributed by atoms with Crippen LogP contribution < -0.4 is 10.4 Å². The topological polar surface area (TPSA) is 147 Å². The lowest BCUT2D eigenvalue weighted by atomic mass is 9.91. The van der Waals surface area contributed by atoms with Crippen LogP contribution in [0.2, 0.25) is 5.04 Å². The van der Waals surface area contributed by atoms with Gasteiger partial charge in [-0.3, -0.25) is 19.2 Å². The molecule has 6 atom stereocenters. The average molecular weight is 1040 g/mol. The molecule has 0 aromatic heterocycles. The van der Waals surface area contributed by atoms with Gasteiger partial charge < -0.3 is 37.9 Å². The smallest absolute Gasteiger partial charge is 0.410 e. The van der Waals surface area contributed by atoms with Crippen LogP contribution in [-0.4, -0.2) is 104 Å². The molecule has 74 heavy (non-hydrogen) atoms. The van der Waals surface area contributed by atoms with E-state index >= 15 is 0 Å². The lowest BCUT2D eigenvalue weighted by Crippen LogP contribution is -2.66. The SMILES string of the molecule is CCCCC[C@H](C[C@@H]1CC(=O)C=CN1[C@H]1OC[C@@H](OC(=O)C(C)(C)C)[C@@H](OC(=O)C(C)(C)C)[C@@H]1OC(=O)C(C)(C)C)N(CCCCO[Si](c1ccccc1)(c1ccccc1)C(C)(C)C)C(=O)OCc1ccccc1. The Labute approximate surface area is 443 Å². The predicted molar refractivity (Wildman–Crippen MR) is 291 cm³/mol. The van der Waals surface area contributed by atoms with Gasteiger partial charge in [0.05, 0.1) is 22.9 Å². The molecule has 0 spiro atoms. The van der Waals surface area contributed by atoms with Gasteiger partial charge in [-0.25, -0.2) is 4.79 Å². The molecule has 0 bridgehead atoms. The highest BCUT2D eigenvalue weighted by Gasteiger charge is 2.53. The highest BCUT2D eigenvalue weighted by Crippen LogP contribution is 2.38. The summed E-state index contributed by atoms with van der Waals surface area (Å²) in [6.07, 6.45) is 2.83. The number of nitrogens with zero attached hydrogens (tertiary/aromatic N) is 2. The van der Waals surface area contributed by atoms with E-state index in [1.807, 2.05) is 52.3 Å². The summed E-state index contributed by atoms with van der Waals surface area (Å²) in [4.78, 5) is 73.3. The van der Waals surface area contributed by atoms with Gasteiger partial charge in [-0.1, -0.05) is 138 Å². The standard InChI is InChI=1S/C60H86N2O11Si/c1-14-15-19-30-44(62(56(67)69-41-43-28-20-16-21-29-43)36-26-27-38-70-74(60(11,12)13,47-31-22-17-23-32-47)48-33-24-18-25-34-48)39-45-40-46(63)35-37-61(45)52-51(73-55(66)59(8,9)10)50(72-54(65)58(5,6)7)49(42-68-52)71-53(64)57(2,3)4/h16-18,20-25,28-29,31-35,37,44-45,49-52H,14-15,19,26-27,30,36,38-42H2,1-13H3/t44-,45-,49-,50-,51+,52+/m1/s1. The molecule has 0 N–H and O–H groups in total. The van der Waals surface area contributed by atoms with E-state index in [-0.39, 0.29) is 30.5 Å². The molecule has 14 heteroatoms. The van der Waals surface area contributed by atoms with E-state index in [9.17, 15) is 24.0 Å². The van der Waals surface area contributed by atoms with E-state index in [2.05, 4.69) is 76.2 Å². The van der Waals surface area contributed by atoms with Crippen LogP contribution in [-0.2, 0) is 53.9 Å². The van der Waals surface area contributed by atoms with Gasteiger partial charge in [0.25, 0.3) is 8.32 Å². The Morgan fingerprint density at radius 2 is 1.22 bits per heavy atom. The molecule has 3 aromatic rings. The number of carbonyl (C=O) groups excluding carboxylic acids is 5. The van der Waals surface area contributed by atoms with Gasteiger partial charge in [0.2, 0.25) is 0 Å². The first kappa shape index (κ1) is 59.6. The van der Waals surface area contributed by atoms with Crippen molar-refractivity contribution >= 4 is 48.5 Å². The van der Waals surface area contributed by atoms with Crippen molar-refractivity contribution in [2.24, 2.45) is 16.2 Å². The van der Waals surface area contributed by atoms with Crippen LogP contribution in [0.3, 0.4) is 0 Å². The van der Waals surface area contributed by atoms with Crippen LogP contribution in [0.1, 0.15) is 147 Å². The monoisotopic (exact) mass is 1040 g/mol. The molecule has 1 fully saturated rings. The number of benzene rings is 3. The third-order valence-corrected chi connectivity index (χ3v) is 18.7. The fourth-order valence-electron chi connectivity index (χ4n) is 9.43. The molecule has 0 aliphatic carbocycles. The molecule has 2 heterocycles. The molecule has 1 saturated heterocycles. The summed E-state index contributed by atoms with van der Waals surface area (Å²) < 4.78 is 38.7. The van der Waals surface area contributed by atoms with E-state index in [1.165, 1.54) is 16.4 Å². The first-order chi connectivity index (χ1) is 34.8. The van der Waals surface area contributed by atoms with Crippen LogP contribution >= 0.6 is 0 Å². The zero-order valence-electron chi connectivity index (χ0n) is 46.6. The molecular formula is C60H86N2O11Si.